The van der Waals surface area contributed by atoms with E-state index in [4.69, 9.17) is 14.2 Å². The molecule has 1 N–H and O–H groups in total. The molecule has 2 aromatic rings. The SMILES string of the molecule is CCOC(=O)COc1c(Br)cc(/C=C2\C(=O)NC(=O)N(c3ccc(C45CC6CC(CC(C6)C4)C5)cc3)C2=O)cc1OCC. The van der Waals surface area contributed by atoms with Crippen molar-refractivity contribution in [3.05, 3.63) is 57.6 Å². The standard InChI is InChI=1S/C33H35BrN2O7/c1-3-41-27-14-19(13-26(34)29(27)43-18-28(37)42-4-2)12-25-30(38)35-32(40)36(31(25)39)24-7-5-23(6-8-24)33-15-20-9-21(16-33)11-22(10-20)17-33/h5-8,12-14,20-22H,3-4,9-11,15-18H2,1-2H3,(H,35,38,40)/b25-12+. The third-order valence-electron chi connectivity index (χ3n) is 9.16. The lowest BCUT2D eigenvalue weighted by Gasteiger charge is -2.57. The molecule has 0 radical (unpaired) electrons. The van der Waals surface area contributed by atoms with Gasteiger partial charge in [0.2, 0.25) is 0 Å². The zero-order chi connectivity index (χ0) is 30.3. The number of barbiturate groups is 1. The molecule has 1 heterocycles. The molecule has 2 aromatic carbocycles. The first kappa shape index (κ1) is 29.4. The van der Waals surface area contributed by atoms with E-state index in [0.717, 1.165) is 22.7 Å². The second-order valence-corrected chi connectivity index (χ2v) is 12.9. The number of ether oxygens (including phenoxy) is 3. The van der Waals surface area contributed by atoms with Gasteiger partial charge in [-0.1, -0.05) is 12.1 Å². The average Bonchev–Trinajstić information content (AvgIpc) is 2.95. The Bertz CT molecular complexity index is 1460. The largest absolute Gasteiger partial charge is 0.490 e. The molecule has 4 saturated carbocycles. The average molecular weight is 652 g/mol. The van der Waals surface area contributed by atoms with Gasteiger partial charge in [-0.25, -0.2) is 14.5 Å². The summed E-state index contributed by atoms with van der Waals surface area (Å²) in [6.07, 6.45) is 9.13. The molecule has 0 atom stereocenters. The topological polar surface area (TPSA) is 111 Å². The summed E-state index contributed by atoms with van der Waals surface area (Å²) in [4.78, 5) is 52.2. The van der Waals surface area contributed by atoms with Crippen LogP contribution in [0, 0.1) is 17.8 Å². The van der Waals surface area contributed by atoms with E-state index in [9.17, 15) is 19.2 Å². The summed E-state index contributed by atoms with van der Waals surface area (Å²) in [5.41, 5.74) is 2.15. The molecule has 5 aliphatic rings. The number of hydrogen-bond donors (Lipinski definition) is 1. The first-order chi connectivity index (χ1) is 20.7. The summed E-state index contributed by atoms with van der Waals surface area (Å²) >= 11 is 3.44. The van der Waals surface area contributed by atoms with Gasteiger partial charge in [-0.3, -0.25) is 14.9 Å². The number of nitrogens with one attached hydrogen (secondary N) is 1. The maximum Gasteiger partial charge on any atom is 0.344 e. The zero-order valence-electron chi connectivity index (χ0n) is 24.3. The van der Waals surface area contributed by atoms with Crippen molar-refractivity contribution in [2.24, 2.45) is 17.8 Å². The molecule has 43 heavy (non-hydrogen) atoms. The van der Waals surface area contributed by atoms with E-state index in [0.29, 0.717) is 28.1 Å². The van der Waals surface area contributed by atoms with Gasteiger partial charge in [-0.2, -0.15) is 0 Å². The molecular weight excluding hydrogens is 616 g/mol. The van der Waals surface area contributed by atoms with Crippen LogP contribution in [0.25, 0.3) is 6.08 Å². The normalized spacial score (nSPS) is 27.0. The molecule has 0 spiro atoms. The van der Waals surface area contributed by atoms with Gasteiger partial charge >= 0.3 is 12.0 Å². The van der Waals surface area contributed by atoms with Crippen molar-refractivity contribution in [2.75, 3.05) is 24.7 Å². The number of benzene rings is 2. The fraction of sp³-hybridized carbons (Fsp3) is 0.455. The molecule has 1 aliphatic heterocycles. The van der Waals surface area contributed by atoms with Gasteiger partial charge in [0.05, 0.1) is 23.4 Å². The van der Waals surface area contributed by atoms with Crippen molar-refractivity contribution in [3.8, 4) is 11.5 Å². The van der Waals surface area contributed by atoms with Crippen molar-refractivity contribution < 1.29 is 33.4 Å². The molecule has 4 amide bonds. The highest BCUT2D eigenvalue weighted by Gasteiger charge is 2.51. The van der Waals surface area contributed by atoms with Crippen molar-refractivity contribution in [1.29, 1.82) is 0 Å². The molecule has 4 bridgehead atoms. The van der Waals surface area contributed by atoms with Gasteiger partial charge in [-0.15, -0.1) is 0 Å². The van der Waals surface area contributed by atoms with Crippen LogP contribution >= 0.6 is 15.9 Å². The van der Waals surface area contributed by atoms with Gasteiger partial charge in [0.25, 0.3) is 11.8 Å². The van der Waals surface area contributed by atoms with E-state index >= 15 is 0 Å². The molecule has 0 aromatic heterocycles. The van der Waals surface area contributed by atoms with E-state index in [1.807, 2.05) is 12.1 Å². The van der Waals surface area contributed by atoms with Crippen LogP contribution < -0.4 is 19.7 Å². The Morgan fingerprint density at radius 2 is 1.63 bits per heavy atom. The molecule has 9 nitrogen and oxygen atoms in total. The van der Waals surface area contributed by atoms with Crippen LogP contribution in [0.15, 0.2) is 46.4 Å². The molecule has 1 saturated heterocycles. The van der Waals surface area contributed by atoms with Gasteiger partial charge in [0, 0.05) is 0 Å². The molecule has 4 aliphatic carbocycles. The summed E-state index contributed by atoms with van der Waals surface area (Å²) in [5, 5.41) is 2.30. The monoisotopic (exact) mass is 650 g/mol. The Labute approximate surface area is 259 Å². The van der Waals surface area contributed by atoms with E-state index < -0.39 is 23.8 Å². The number of esters is 1. The fourth-order valence-corrected chi connectivity index (χ4v) is 8.47. The first-order valence-electron chi connectivity index (χ1n) is 15.0. The van der Waals surface area contributed by atoms with Gasteiger partial charge in [-0.05, 0) is 133 Å². The van der Waals surface area contributed by atoms with Gasteiger partial charge in [0.1, 0.15) is 5.57 Å². The van der Waals surface area contributed by atoms with Crippen LogP contribution in [0.4, 0.5) is 10.5 Å². The molecule has 5 fully saturated rings. The fourth-order valence-electron chi connectivity index (χ4n) is 7.89. The van der Waals surface area contributed by atoms with Gasteiger partial charge in [0.15, 0.2) is 18.1 Å². The number of nitrogens with zero attached hydrogens (tertiary/aromatic N) is 1. The number of carbonyl (C=O) groups is 4. The second kappa shape index (κ2) is 11.8. The zero-order valence-corrected chi connectivity index (χ0v) is 25.9. The number of anilines is 1. The third-order valence-corrected chi connectivity index (χ3v) is 9.75. The first-order valence-corrected chi connectivity index (χ1v) is 15.8. The van der Waals surface area contributed by atoms with Crippen LogP contribution in [0.1, 0.15) is 63.5 Å². The highest BCUT2D eigenvalue weighted by atomic mass is 79.9. The van der Waals surface area contributed by atoms with Crippen LogP contribution in [0.2, 0.25) is 0 Å². The Morgan fingerprint density at radius 1 is 0.977 bits per heavy atom. The lowest BCUT2D eigenvalue weighted by molar-refractivity contribution is -0.145. The Morgan fingerprint density at radius 3 is 2.23 bits per heavy atom. The number of amides is 4. The highest BCUT2D eigenvalue weighted by molar-refractivity contribution is 9.10. The summed E-state index contributed by atoms with van der Waals surface area (Å²) < 4.78 is 16.7. The van der Waals surface area contributed by atoms with Crippen LogP contribution in [0.3, 0.4) is 0 Å². The lowest BCUT2D eigenvalue weighted by Crippen LogP contribution is -2.54. The Kier molecular flexibility index (Phi) is 8.06. The number of urea groups is 1. The number of carbonyl (C=O) groups excluding carboxylic acids is 4. The minimum atomic E-state index is -0.784. The summed E-state index contributed by atoms with van der Waals surface area (Å²) in [5.74, 6) is 0.989. The second-order valence-electron chi connectivity index (χ2n) is 12.1. The summed E-state index contributed by atoms with van der Waals surface area (Å²) in [6, 6.07) is 10.2. The minimum Gasteiger partial charge on any atom is -0.490 e. The maximum absolute atomic E-state index is 13.6. The highest BCUT2D eigenvalue weighted by Crippen LogP contribution is 2.60. The van der Waals surface area contributed by atoms with Crippen LogP contribution in [0.5, 0.6) is 11.5 Å². The van der Waals surface area contributed by atoms with E-state index in [2.05, 4.69) is 33.4 Å². The molecule has 7 rings (SSSR count). The maximum atomic E-state index is 13.6. The van der Waals surface area contributed by atoms with Crippen LogP contribution in [-0.4, -0.2) is 43.6 Å². The third kappa shape index (κ3) is 5.69. The molecular formula is C33H35BrN2O7. The summed E-state index contributed by atoms with van der Waals surface area (Å²) in [7, 11) is 0. The van der Waals surface area contributed by atoms with Crippen molar-refractivity contribution in [2.45, 2.75) is 57.8 Å². The molecule has 0 unspecified atom stereocenters. The van der Waals surface area contributed by atoms with Crippen molar-refractivity contribution >= 4 is 51.5 Å². The number of rotatable bonds is 9. The number of imide groups is 2. The predicted molar refractivity (Wildman–Crippen MR) is 163 cm³/mol. The van der Waals surface area contributed by atoms with E-state index in [1.54, 1.807) is 26.0 Å². The number of hydrogen-bond acceptors (Lipinski definition) is 7. The van der Waals surface area contributed by atoms with E-state index in [1.165, 1.54) is 50.2 Å². The van der Waals surface area contributed by atoms with Gasteiger partial charge < -0.3 is 14.2 Å². The predicted octanol–water partition coefficient (Wildman–Crippen LogP) is 5.92. The van der Waals surface area contributed by atoms with E-state index in [-0.39, 0.29) is 30.0 Å². The minimum absolute atomic E-state index is 0.195. The van der Waals surface area contributed by atoms with Crippen molar-refractivity contribution in [1.82, 2.24) is 5.32 Å². The quantitative estimate of drug-likeness (QED) is 0.204. The molecule has 226 valence electrons. The number of halogens is 1. The van der Waals surface area contributed by atoms with Crippen molar-refractivity contribution in [3.63, 3.8) is 0 Å². The Balaban J connectivity index is 1.25. The van der Waals surface area contributed by atoms with Crippen LogP contribution in [-0.2, 0) is 24.5 Å². The lowest BCUT2D eigenvalue weighted by atomic mass is 9.48. The summed E-state index contributed by atoms with van der Waals surface area (Å²) in [6.45, 7) is 3.73. The molecule has 10 heteroatoms. The Hall–Kier alpha value is -3.66. The smallest absolute Gasteiger partial charge is 0.344 e.